The number of carbonyl (C=O) groups is 1. The molecule has 0 fully saturated rings. The summed E-state index contributed by atoms with van der Waals surface area (Å²) in [5.74, 6) is 6.96. The van der Waals surface area contributed by atoms with Crippen molar-refractivity contribution < 1.29 is 9.90 Å². The molecule has 1 aliphatic heterocycles. The van der Waals surface area contributed by atoms with E-state index in [0.29, 0.717) is 0 Å². The highest BCUT2D eigenvalue weighted by atomic mass is 32.2. The standard InChI is InChI=1S/C22H24O2S2/c1-4-22(5-2)10-11-25-20-12-15(3)16(13-19(20)22)6-7-17-8-9-18(26-17)14-21(23)24/h8-9,12-13H,4-5,10-11,14H2,1-3H3,(H,23,24). The van der Waals surface area contributed by atoms with Crippen molar-refractivity contribution in [2.75, 3.05) is 5.75 Å². The van der Waals surface area contributed by atoms with Crippen LogP contribution in [0.15, 0.2) is 29.2 Å². The van der Waals surface area contributed by atoms with Gasteiger partial charge in [0.15, 0.2) is 0 Å². The van der Waals surface area contributed by atoms with E-state index in [1.807, 2.05) is 23.9 Å². The molecule has 0 spiro atoms. The van der Waals surface area contributed by atoms with Crippen molar-refractivity contribution in [1.82, 2.24) is 0 Å². The van der Waals surface area contributed by atoms with Crippen molar-refractivity contribution in [2.24, 2.45) is 0 Å². The van der Waals surface area contributed by atoms with Gasteiger partial charge in [0, 0.05) is 15.3 Å². The molecule has 0 saturated heterocycles. The maximum Gasteiger partial charge on any atom is 0.308 e. The molecule has 0 atom stereocenters. The SMILES string of the molecule is CCC1(CC)CCSc2cc(C)c(C#Cc3ccc(CC(=O)O)s3)cc21. The smallest absolute Gasteiger partial charge is 0.308 e. The lowest BCUT2D eigenvalue weighted by Gasteiger charge is -2.38. The van der Waals surface area contributed by atoms with Crippen LogP contribution < -0.4 is 0 Å². The Kier molecular flexibility index (Phi) is 5.79. The summed E-state index contributed by atoms with van der Waals surface area (Å²) in [4.78, 5) is 14.0. The second-order valence-electron chi connectivity index (χ2n) is 6.84. The highest BCUT2D eigenvalue weighted by molar-refractivity contribution is 7.99. The highest BCUT2D eigenvalue weighted by Crippen LogP contribution is 2.46. The molecule has 1 aromatic heterocycles. The number of carboxylic acids is 1. The minimum atomic E-state index is -0.801. The van der Waals surface area contributed by atoms with E-state index in [4.69, 9.17) is 5.11 Å². The molecule has 4 heteroatoms. The van der Waals surface area contributed by atoms with Crippen molar-refractivity contribution in [3.8, 4) is 11.8 Å². The van der Waals surface area contributed by atoms with Crippen molar-refractivity contribution in [1.29, 1.82) is 0 Å². The molecule has 0 aliphatic carbocycles. The number of hydrogen-bond acceptors (Lipinski definition) is 3. The van der Waals surface area contributed by atoms with Gasteiger partial charge in [0.25, 0.3) is 0 Å². The molecule has 1 aliphatic rings. The summed E-state index contributed by atoms with van der Waals surface area (Å²) in [6, 6.07) is 8.39. The van der Waals surface area contributed by atoms with Gasteiger partial charge >= 0.3 is 5.97 Å². The molecule has 0 unspecified atom stereocenters. The fourth-order valence-electron chi connectivity index (χ4n) is 3.64. The highest BCUT2D eigenvalue weighted by Gasteiger charge is 2.34. The molecular formula is C22H24O2S2. The lowest BCUT2D eigenvalue weighted by Crippen LogP contribution is -2.29. The minimum absolute atomic E-state index is 0.0664. The van der Waals surface area contributed by atoms with E-state index in [0.717, 1.165) is 28.2 Å². The zero-order valence-electron chi connectivity index (χ0n) is 15.5. The van der Waals surface area contributed by atoms with Gasteiger partial charge in [0.05, 0.1) is 11.3 Å². The molecule has 1 aromatic carbocycles. The van der Waals surface area contributed by atoms with Crippen LogP contribution in [0.25, 0.3) is 0 Å². The average molecular weight is 385 g/mol. The molecule has 26 heavy (non-hydrogen) atoms. The van der Waals surface area contributed by atoms with Crippen molar-refractivity contribution >= 4 is 29.1 Å². The molecule has 2 nitrogen and oxygen atoms in total. The molecule has 0 radical (unpaired) electrons. The minimum Gasteiger partial charge on any atom is -0.481 e. The Morgan fingerprint density at radius 3 is 2.69 bits per heavy atom. The number of rotatable bonds is 4. The van der Waals surface area contributed by atoms with Gasteiger partial charge in [-0.25, -0.2) is 0 Å². The largest absolute Gasteiger partial charge is 0.481 e. The number of aliphatic carboxylic acids is 1. The van der Waals surface area contributed by atoms with E-state index < -0.39 is 5.97 Å². The van der Waals surface area contributed by atoms with Gasteiger partial charge in [-0.15, -0.1) is 23.1 Å². The first-order valence-corrected chi connectivity index (χ1v) is 10.9. The quantitative estimate of drug-likeness (QED) is 0.694. The zero-order chi connectivity index (χ0) is 18.7. The Hall–Kier alpha value is -1.70. The van der Waals surface area contributed by atoms with E-state index in [-0.39, 0.29) is 11.8 Å². The van der Waals surface area contributed by atoms with Crippen LogP contribution in [0.4, 0.5) is 0 Å². The third-order valence-electron chi connectivity index (χ3n) is 5.40. The second kappa shape index (κ2) is 7.90. The van der Waals surface area contributed by atoms with E-state index in [1.165, 1.54) is 39.5 Å². The summed E-state index contributed by atoms with van der Waals surface area (Å²) in [5.41, 5.74) is 4.05. The van der Waals surface area contributed by atoms with E-state index in [1.54, 1.807) is 0 Å². The molecule has 2 aromatic rings. The van der Waals surface area contributed by atoms with Crippen LogP contribution in [0.3, 0.4) is 0 Å². The number of benzene rings is 1. The van der Waals surface area contributed by atoms with E-state index in [2.05, 4.69) is 44.7 Å². The average Bonchev–Trinajstić information content (AvgIpc) is 3.06. The predicted octanol–water partition coefficient (Wildman–Crippen LogP) is 5.64. The number of thiophene rings is 1. The van der Waals surface area contributed by atoms with Crippen LogP contribution in [0.2, 0.25) is 0 Å². The number of aryl methyl sites for hydroxylation is 1. The van der Waals surface area contributed by atoms with Gasteiger partial charge in [-0.3, -0.25) is 4.79 Å². The fourth-order valence-corrected chi connectivity index (χ4v) is 5.90. The summed E-state index contributed by atoms with van der Waals surface area (Å²) >= 11 is 3.43. The lowest BCUT2D eigenvalue weighted by atomic mass is 9.73. The van der Waals surface area contributed by atoms with Crippen LogP contribution in [0, 0.1) is 18.8 Å². The normalized spacial score (nSPS) is 15.0. The van der Waals surface area contributed by atoms with Crippen molar-refractivity contribution in [3.05, 3.63) is 50.7 Å². The molecule has 2 heterocycles. The summed E-state index contributed by atoms with van der Waals surface area (Å²) in [7, 11) is 0. The van der Waals surface area contributed by atoms with Crippen molar-refractivity contribution in [2.45, 2.75) is 56.8 Å². The first-order valence-electron chi connectivity index (χ1n) is 9.08. The van der Waals surface area contributed by atoms with Gasteiger partial charge < -0.3 is 5.11 Å². The number of fused-ring (bicyclic) bond motifs is 1. The van der Waals surface area contributed by atoms with Crippen LogP contribution in [0.1, 0.15) is 59.6 Å². The molecule has 0 amide bonds. The Bertz CT molecular complexity index is 879. The number of thioether (sulfide) groups is 1. The summed E-state index contributed by atoms with van der Waals surface area (Å²) in [5, 5.41) is 8.90. The Morgan fingerprint density at radius 2 is 2.00 bits per heavy atom. The predicted molar refractivity (Wildman–Crippen MR) is 110 cm³/mol. The van der Waals surface area contributed by atoms with Gasteiger partial charge in [-0.2, -0.15) is 0 Å². The molecule has 136 valence electrons. The summed E-state index contributed by atoms with van der Waals surface area (Å²) in [6.07, 6.45) is 3.63. The Balaban J connectivity index is 1.95. The molecule has 1 N–H and O–H groups in total. The summed E-state index contributed by atoms with van der Waals surface area (Å²) in [6.45, 7) is 6.72. The van der Waals surface area contributed by atoms with Crippen LogP contribution in [-0.4, -0.2) is 16.8 Å². The monoisotopic (exact) mass is 384 g/mol. The fraction of sp³-hybridized carbons (Fsp3) is 0.409. The third-order valence-corrected chi connectivity index (χ3v) is 7.45. The van der Waals surface area contributed by atoms with Crippen molar-refractivity contribution in [3.63, 3.8) is 0 Å². The van der Waals surface area contributed by atoms with E-state index >= 15 is 0 Å². The first-order chi connectivity index (χ1) is 12.5. The van der Waals surface area contributed by atoms with Crippen LogP contribution in [-0.2, 0) is 16.6 Å². The Morgan fingerprint density at radius 1 is 1.23 bits per heavy atom. The number of hydrogen-bond donors (Lipinski definition) is 1. The second-order valence-corrected chi connectivity index (χ2v) is 9.14. The zero-order valence-corrected chi connectivity index (χ0v) is 17.1. The summed E-state index contributed by atoms with van der Waals surface area (Å²) < 4.78 is 0. The van der Waals surface area contributed by atoms with Gasteiger partial charge in [0.2, 0.25) is 0 Å². The van der Waals surface area contributed by atoms with Gasteiger partial charge in [0.1, 0.15) is 0 Å². The first kappa shape index (κ1) is 19.1. The molecule has 3 rings (SSSR count). The molecule has 0 saturated carbocycles. The van der Waals surface area contributed by atoms with Gasteiger partial charge in [-0.05, 0) is 72.7 Å². The lowest BCUT2D eigenvalue weighted by molar-refractivity contribution is -0.136. The third kappa shape index (κ3) is 3.84. The van der Waals surface area contributed by atoms with E-state index in [9.17, 15) is 4.79 Å². The molecular weight excluding hydrogens is 360 g/mol. The van der Waals surface area contributed by atoms with Crippen LogP contribution in [0.5, 0.6) is 0 Å². The van der Waals surface area contributed by atoms with Gasteiger partial charge in [-0.1, -0.05) is 25.7 Å². The topological polar surface area (TPSA) is 37.3 Å². The number of carboxylic acid groups (broad SMARTS) is 1. The maximum absolute atomic E-state index is 10.8. The molecule has 0 bridgehead atoms. The maximum atomic E-state index is 10.8. The Labute approximate surface area is 164 Å². The van der Waals surface area contributed by atoms with Crippen LogP contribution >= 0.6 is 23.1 Å².